The molecule has 0 bridgehead atoms. The fourth-order valence-electron chi connectivity index (χ4n) is 3.16. The molecule has 2 atom stereocenters. The molecular formula is C21H23ClN2O2. The molecular weight excluding hydrogens is 348 g/mol. The zero-order valence-corrected chi connectivity index (χ0v) is 16.0. The molecule has 2 aromatic rings. The Morgan fingerprint density at radius 2 is 1.69 bits per heavy atom. The van der Waals surface area contributed by atoms with Gasteiger partial charge in [-0.3, -0.25) is 9.59 Å². The number of carbonyl (C=O) groups excluding carboxylic acids is 2. The van der Waals surface area contributed by atoms with Crippen molar-refractivity contribution in [1.29, 1.82) is 0 Å². The van der Waals surface area contributed by atoms with Crippen molar-refractivity contribution >= 4 is 34.8 Å². The lowest BCUT2D eigenvalue weighted by atomic mass is 10.1. The first kappa shape index (κ1) is 18.5. The smallest absolute Gasteiger partial charge is 0.228 e. The fourth-order valence-corrected chi connectivity index (χ4v) is 3.34. The van der Waals surface area contributed by atoms with Crippen LogP contribution in [-0.2, 0) is 16.0 Å². The summed E-state index contributed by atoms with van der Waals surface area (Å²) in [5.74, 6) is -0.783. The maximum Gasteiger partial charge on any atom is 0.228 e. The number of benzene rings is 2. The van der Waals surface area contributed by atoms with E-state index >= 15 is 0 Å². The van der Waals surface area contributed by atoms with E-state index < -0.39 is 0 Å². The summed E-state index contributed by atoms with van der Waals surface area (Å²) in [6.45, 7) is 5.90. The first-order valence-corrected chi connectivity index (χ1v) is 9.25. The Hall–Kier alpha value is -2.33. The number of nitrogens with one attached hydrogen (secondary N) is 2. The lowest BCUT2D eigenvalue weighted by Crippen LogP contribution is -2.21. The van der Waals surface area contributed by atoms with Crippen molar-refractivity contribution in [2.75, 3.05) is 10.6 Å². The van der Waals surface area contributed by atoms with E-state index in [2.05, 4.69) is 17.6 Å². The average molecular weight is 371 g/mol. The molecule has 2 unspecified atom stereocenters. The Labute approximate surface area is 158 Å². The summed E-state index contributed by atoms with van der Waals surface area (Å²) in [6.07, 6.45) is 1.42. The Morgan fingerprint density at radius 1 is 1.04 bits per heavy atom. The molecule has 2 amide bonds. The Balaban J connectivity index is 1.64. The molecule has 26 heavy (non-hydrogen) atoms. The maximum absolute atomic E-state index is 12.6. The van der Waals surface area contributed by atoms with E-state index in [1.165, 1.54) is 0 Å². The highest BCUT2D eigenvalue weighted by Crippen LogP contribution is 2.41. The normalized spacial score (nSPS) is 18.3. The van der Waals surface area contributed by atoms with Gasteiger partial charge in [0.1, 0.15) is 0 Å². The number of halogens is 1. The lowest BCUT2D eigenvalue weighted by Gasteiger charge is -2.13. The van der Waals surface area contributed by atoms with Gasteiger partial charge in [0, 0.05) is 16.4 Å². The van der Waals surface area contributed by atoms with Crippen LogP contribution >= 0.6 is 11.6 Å². The first-order valence-electron chi connectivity index (χ1n) is 8.87. The lowest BCUT2D eigenvalue weighted by molar-refractivity contribution is -0.122. The van der Waals surface area contributed by atoms with Crippen LogP contribution in [0.3, 0.4) is 0 Å². The number of anilines is 2. The van der Waals surface area contributed by atoms with Crippen molar-refractivity contribution in [1.82, 2.24) is 0 Å². The van der Waals surface area contributed by atoms with Crippen LogP contribution in [0.5, 0.6) is 0 Å². The third-order valence-corrected chi connectivity index (χ3v) is 5.39. The van der Waals surface area contributed by atoms with E-state index in [0.29, 0.717) is 17.1 Å². The Bertz CT molecular complexity index is 863. The third-order valence-electron chi connectivity index (χ3n) is 4.98. The average Bonchev–Trinajstić information content (AvgIpc) is 3.41. The van der Waals surface area contributed by atoms with E-state index in [0.717, 1.165) is 28.8 Å². The van der Waals surface area contributed by atoms with Crippen molar-refractivity contribution in [3.05, 3.63) is 58.1 Å². The minimum Gasteiger partial charge on any atom is -0.326 e. The van der Waals surface area contributed by atoms with Gasteiger partial charge in [-0.2, -0.15) is 0 Å². The highest BCUT2D eigenvalue weighted by molar-refractivity contribution is 6.31. The molecule has 1 aliphatic rings. The number of rotatable bonds is 5. The fraction of sp³-hybridized carbons (Fsp3) is 0.333. The molecule has 2 N–H and O–H groups in total. The van der Waals surface area contributed by atoms with Crippen molar-refractivity contribution in [3.8, 4) is 0 Å². The minimum atomic E-state index is -0.289. The van der Waals surface area contributed by atoms with E-state index in [1.807, 2.05) is 38.1 Å². The summed E-state index contributed by atoms with van der Waals surface area (Å²) < 4.78 is 0. The van der Waals surface area contributed by atoms with E-state index in [1.54, 1.807) is 12.1 Å². The number of amides is 2. The molecule has 0 saturated heterocycles. The van der Waals surface area contributed by atoms with Crippen LogP contribution in [0.4, 0.5) is 11.4 Å². The van der Waals surface area contributed by atoms with Gasteiger partial charge in [0.25, 0.3) is 0 Å². The largest absolute Gasteiger partial charge is 0.326 e. The second-order valence-electron chi connectivity index (χ2n) is 6.80. The van der Waals surface area contributed by atoms with Crippen LogP contribution in [0.1, 0.15) is 30.0 Å². The van der Waals surface area contributed by atoms with Crippen molar-refractivity contribution < 1.29 is 9.59 Å². The molecule has 0 aromatic heterocycles. The monoisotopic (exact) mass is 370 g/mol. The molecule has 0 aliphatic heterocycles. The molecule has 3 rings (SSSR count). The zero-order chi connectivity index (χ0) is 18.8. The number of aryl methyl sites for hydroxylation is 2. The van der Waals surface area contributed by atoms with Crippen LogP contribution < -0.4 is 10.6 Å². The SMILES string of the molecule is CCc1cccc(C)c1NC(=O)C1CC1C(=O)Nc1cccc(Cl)c1C. The molecule has 1 saturated carbocycles. The van der Waals surface area contributed by atoms with Gasteiger partial charge in [0.05, 0.1) is 11.8 Å². The second kappa shape index (κ2) is 7.50. The summed E-state index contributed by atoms with van der Waals surface area (Å²) in [6, 6.07) is 11.4. The van der Waals surface area contributed by atoms with Crippen LogP contribution in [0, 0.1) is 25.7 Å². The maximum atomic E-state index is 12.6. The van der Waals surface area contributed by atoms with Gasteiger partial charge in [-0.1, -0.05) is 42.8 Å². The summed E-state index contributed by atoms with van der Waals surface area (Å²) in [4.78, 5) is 25.0. The number of carbonyl (C=O) groups is 2. The molecule has 2 aromatic carbocycles. The van der Waals surface area contributed by atoms with Crippen molar-refractivity contribution in [2.24, 2.45) is 11.8 Å². The highest BCUT2D eigenvalue weighted by Gasteiger charge is 2.48. The molecule has 1 fully saturated rings. The van der Waals surface area contributed by atoms with Gasteiger partial charge in [-0.05, 0) is 55.5 Å². The molecule has 4 nitrogen and oxygen atoms in total. The van der Waals surface area contributed by atoms with Gasteiger partial charge in [-0.25, -0.2) is 0 Å². The molecule has 5 heteroatoms. The van der Waals surface area contributed by atoms with E-state index in [4.69, 9.17) is 11.6 Å². The summed E-state index contributed by atoms with van der Waals surface area (Å²) in [5.41, 5.74) is 4.54. The number of hydrogen-bond donors (Lipinski definition) is 2. The quantitative estimate of drug-likeness (QED) is 0.799. The standard InChI is InChI=1S/C21H23ClN2O2/c1-4-14-8-5-7-12(2)19(14)24-21(26)16-11-15(16)20(25)23-18-10-6-9-17(22)13(18)3/h5-10,15-16H,4,11H2,1-3H3,(H,23,25)(H,24,26). The minimum absolute atomic E-state index is 0.0861. The topological polar surface area (TPSA) is 58.2 Å². The van der Waals surface area contributed by atoms with Crippen LogP contribution in [0.25, 0.3) is 0 Å². The third kappa shape index (κ3) is 3.75. The van der Waals surface area contributed by atoms with Crippen LogP contribution in [-0.4, -0.2) is 11.8 Å². The van der Waals surface area contributed by atoms with Gasteiger partial charge in [0.2, 0.25) is 11.8 Å². The van der Waals surface area contributed by atoms with Gasteiger partial charge >= 0.3 is 0 Å². The number of para-hydroxylation sites is 1. The van der Waals surface area contributed by atoms with Crippen molar-refractivity contribution in [3.63, 3.8) is 0 Å². The van der Waals surface area contributed by atoms with E-state index in [9.17, 15) is 9.59 Å². The van der Waals surface area contributed by atoms with Gasteiger partial charge < -0.3 is 10.6 Å². The van der Waals surface area contributed by atoms with Gasteiger partial charge in [0.15, 0.2) is 0 Å². The Morgan fingerprint density at radius 3 is 2.38 bits per heavy atom. The molecule has 136 valence electrons. The molecule has 1 aliphatic carbocycles. The van der Waals surface area contributed by atoms with Gasteiger partial charge in [-0.15, -0.1) is 0 Å². The van der Waals surface area contributed by atoms with Crippen LogP contribution in [0.2, 0.25) is 5.02 Å². The molecule has 0 radical (unpaired) electrons. The van der Waals surface area contributed by atoms with Crippen molar-refractivity contribution in [2.45, 2.75) is 33.6 Å². The van der Waals surface area contributed by atoms with Crippen LogP contribution in [0.15, 0.2) is 36.4 Å². The first-order chi connectivity index (χ1) is 12.4. The Kier molecular flexibility index (Phi) is 5.33. The van der Waals surface area contributed by atoms with E-state index in [-0.39, 0.29) is 23.7 Å². The zero-order valence-electron chi connectivity index (χ0n) is 15.2. The summed E-state index contributed by atoms with van der Waals surface area (Å²) >= 11 is 6.09. The predicted molar refractivity (Wildman–Crippen MR) is 106 cm³/mol. The predicted octanol–water partition coefficient (Wildman–Crippen LogP) is 4.73. The second-order valence-corrected chi connectivity index (χ2v) is 7.21. The summed E-state index contributed by atoms with van der Waals surface area (Å²) in [7, 11) is 0. The molecule has 0 spiro atoms. The highest BCUT2D eigenvalue weighted by atomic mass is 35.5. The molecule has 0 heterocycles. The number of hydrogen-bond acceptors (Lipinski definition) is 2. The summed E-state index contributed by atoms with van der Waals surface area (Å²) in [5, 5.41) is 6.52.